The molecule has 0 aliphatic heterocycles. The van der Waals surface area contributed by atoms with E-state index in [0.717, 1.165) is 33.6 Å². The summed E-state index contributed by atoms with van der Waals surface area (Å²) in [6, 6.07) is 20.2. The molecule has 0 saturated heterocycles. The molecule has 0 heterocycles. The van der Waals surface area contributed by atoms with Gasteiger partial charge in [-0.05, 0) is 36.1 Å². The SMILES string of the molecule is COc1cc(C)ccc1Oc1cccc2ccccc12. The molecule has 0 aliphatic rings. The summed E-state index contributed by atoms with van der Waals surface area (Å²) < 4.78 is 11.4. The highest BCUT2D eigenvalue weighted by Gasteiger charge is 2.08. The van der Waals surface area contributed by atoms with Crippen LogP contribution < -0.4 is 9.47 Å². The second-order valence-corrected chi connectivity index (χ2v) is 4.73. The molecule has 0 radical (unpaired) electrons. The number of methoxy groups -OCH3 is 1. The maximum Gasteiger partial charge on any atom is 0.169 e. The third kappa shape index (κ3) is 2.32. The van der Waals surface area contributed by atoms with Crippen LogP contribution in [0, 0.1) is 6.92 Å². The first-order valence-electron chi connectivity index (χ1n) is 6.58. The zero-order valence-corrected chi connectivity index (χ0v) is 11.6. The third-order valence-electron chi connectivity index (χ3n) is 3.29. The normalized spacial score (nSPS) is 10.5. The Bertz CT molecular complexity index is 742. The summed E-state index contributed by atoms with van der Waals surface area (Å²) in [5.41, 5.74) is 1.15. The highest BCUT2D eigenvalue weighted by atomic mass is 16.5. The standard InChI is InChI=1S/C18H16O2/c1-13-10-11-17(18(12-13)19-2)20-16-9-5-7-14-6-3-4-8-15(14)16/h3-12H,1-2H3. The largest absolute Gasteiger partial charge is 0.493 e. The van der Waals surface area contributed by atoms with Crippen molar-refractivity contribution in [3.63, 3.8) is 0 Å². The van der Waals surface area contributed by atoms with Crippen molar-refractivity contribution in [2.45, 2.75) is 6.92 Å². The summed E-state index contributed by atoms with van der Waals surface area (Å²) in [4.78, 5) is 0. The highest BCUT2D eigenvalue weighted by Crippen LogP contribution is 2.35. The van der Waals surface area contributed by atoms with Gasteiger partial charge in [0.25, 0.3) is 0 Å². The van der Waals surface area contributed by atoms with Gasteiger partial charge in [-0.15, -0.1) is 0 Å². The summed E-state index contributed by atoms with van der Waals surface area (Å²) in [5.74, 6) is 2.32. The molecular formula is C18H16O2. The predicted octanol–water partition coefficient (Wildman–Crippen LogP) is 4.95. The van der Waals surface area contributed by atoms with Crippen molar-refractivity contribution < 1.29 is 9.47 Å². The van der Waals surface area contributed by atoms with E-state index in [1.807, 2.05) is 49.4 Å². The molecule has 0 bridgehead atoms. The number of aryl methyl sites for hydroxylation is 1. The van der Waals surface area contributed by atoms with Crippen LogP contribution in [0.25, 0.3) is 10.8 Å². The molecule has 0 spiro atoms. The summed E-state index contributed by atoms with van der Waals surface area (Å²) in [6.07, 6.45) is 0. The van der Waals surface area contributed by atoms with Crippen LogP contribution in [0.5, 0.6) is 17.2 Å². The molecule has 2 heteroatoms. The number of rotatable bonds is 3. The minimum absolute atomic E-state index is 0.731. The van der Waals surface area contributed by atoms with Crippen LogP contribution in [0.3, 0.4) is 0 Å². The molecule has 3 aromatic carbocycles. The van der Waals surface area contributed by atoms with E-state index in [1.54, 1.807) is 7.11 Å². The molecule has 0 amide bonds. The van der Waals surface area contributed by atoms with Crippen molar-refractivity contribution in [1.29, 1.82) is 0 Å². The quantitative estimate of drug-likeness (QED) is 0.666. The Labute approximate surface area is 118 Å². The van der Waals surface area contributed by atoms with Crippen molar-refractivity contribution in [3.8, 4) is 17.2 Å². The average molecular weight is 264 g/mol. The Morgan fingerprint density at radius 3 is 2.40 bits per heavy atom. The van der Waals surface area contributed by atoms with E-state index in [1.165, 1.54) is 0 Å². The number of hydrogen-bond acceptors (Lipinski definition) is 2. The fourth-order valence-electron chi connectivity index (χ4n) is 2.26. The highest BCUT2D eigenvalue weighted by molar-refractivity contribution is 5.88. The Hall–Kier alpha value is -2.48. The van der Waals surface area contributed by atoms with Gasteiger partial charge in [-0.25, -0.2) is 0 Å². The molecule has 100 valence electrons. The second kappa shape index (κ2) is 5.25. The van der Waals surface area contributed by atoms with Crippen molar-refractivity contribution in [2.24, 2.45) is 0 Å². The van der Waals surface area contributed by atoms with E-state index in [2.05, 4.69) is 18.2 Å². The average Bonchev–Trinajstić information content (AvgIpc) is 2.49. The Balaban J connectivity index is 2.05. The van der Waals surface area contributed by atoms with Gasteiger partial charge in [0.2, 0.25) is 0 Å². The van der Waals surface area contributed by atoms with Gasteiger partial charge in [0.15, 0.2) is 11.5 Å². The molecule has 0 atom stereocenters. The van der Waals surface area contributed by atoms with Crippen LogP contribution in [-0.4, -0.2) is 7.11 Å². The van der Waals surface area contributed by atoms with Gasteiger partial charge in [-0.1, -0.05) is 42.5 Å². The molecule has 0 saturated carbocycles. The molecule has 0 N–H and O–H groups in total. The van der Waals surface area contributed by atoms with Crippen molar-refractivity contribution in [3.05, 3.63) is 66.2 Å². The number of ether oxygens (including phenoxy) is 2. The molecular weight excluding hydrogens is 248 g/mol. The summed E-state index contributed by atoms with van der Waals surface area (Å²) in [7, 11) is 1.66. The topological polar surface area (TPSA) is 18.5 Å². The lowest BCUT2D eigenvalue weighted by molar-refractivity contribution is 0.380. The van der Waals surface area contributed by atoms with Crippen LogP contribution in [0.2, 0.25) is 0 Å². The molecule has 3 rings (SSSR count). The van der Waals surface area contributed by atoms with Crippen molar-refractivity contribution in [1.82, 2.24) is 0 Å². The first kappa shape index (κ1) is 12.5. The molecule has 0 aromatic heterocycles. The maximum absolute atomic E-state index is 6.04. The number of benzene rings is 3. The molecule has 2 nitrogen and oxygen atoms in total. The molecule has 20 heavy (non-hydrogen) atoms. The third-order valence-corrected chi connectivity index (χ3v) is 3.29. The van der Waals surface area contributed by atoms with Gasteiger partial charge in [-0.3, -0.25) is 0 Å². The number of fused-ring (bicyclic) bond motifs is 1. The smallest absolute Gasteiger partial charge is 0.169 e. The van der Waals surface area contributed by atoms with Gasteiger partial charge < -0.3 is 9.47 Å². The summed E-state index contributed by atoms with van der Waals surface area (Å²) in [5, 5.41) is 2.26. The fourth-order valence-corrected chi connectivity index (χ4v) is 2.26. The lowest BCUT2D eigenvalue weighted by atomic mass is 10.1. The summed E-state index contributed by atoms with van der Waals surface area (Å²) in [6.45, 7) is 2.03. The van der Waals surface area contributed by atoms with Crippen LogP contribution in [0.15, 0.2) is 60.7 Å². The molecule has 0 fully saturated rings. The van der Waals surface area contributed by atoms with E-state index >= 15 is 0 Å². The molecule has 0 aliphatic carbocycles. The van der Waals surface area contributed by atoms with E-state index in [0.29, 0.717) is 0 Å². The second-order valence-electron chi connectivity index (χ2n) is 4.73. The minimum Gasteiger partial charge on any atom is -0.493 e. The lowest BCUT2D eigenvalue weighted by Gasteiger charge is -2.12. The van der Waals surface area contributed by atoms with Gasteiger partial charge in [-0.2, -0.15) is 0 Å². The molecule has 3 aromatic rings. The maximum atomic E-state index is 6.04. The Morgan fingerprint density at radius 1 is 0.750 bits per heavy atom. The zero-order chi connectivity index (χ0) is 13.9. The van der Waals surface area contributed by atoms with E-state index in [-0.39, 0.29) is 0 Å². The van der Waals surface area contributed by atoms with Crippen LogP contribution in [0.4, 0.5) is 0 Å². The monoisotopic (exact) mass is 264 g/mol. The first-order valence-corrected chi connectivity index (χ1v) is 6.58. The van der Waals surface area contributed by atoms with Gasteiger partial charge in [0, 0.05) is 5.39 Å². The van der Waals surface area contributed by atoms with Crippen LogP contribution in [0.1, 0.15) is 5.56 Å². The van der Waals surface area contributed by atoms with Gasteiger partial charge in [0.05, 0.1) is 7.11 Å². The van der Waals surface area contributed by atoms with E-state index in [4.69, 9.17) is 9.47 Å². The Kier molecular flexibility index (Phi) is 3.30. The predicted molar refractivity (Wildman–Crippen MR) is 81.8 cm³/mol. The fraction of sp³-hybridized carbons (Fsp3) is 0.111. The van der Waals surface area contributed by atoms with Crippen LogP contribution in [-0.2, 0) is 0 Å². The van der Waals surface area contributed by atoms with E-state index in [9.17, 15) is 0 Å². The first-order chi connectivity index (χ1) is 9.78. The van der Waals surface area contributed by atoms with Gasteiger partial charge >= 0.3 is 0 Å². The van der Waals surface area contributed by atoms with Crippen LogP contribution >= 0.6 is 0 Å². The molecule has 0 unspecified atom stereocenters. The minimum atomic E-state index is 0.731. The summed E-state index contributed by atoms with van der Waals surface area (Å²) >= 11 is 0. The van der Waals surface area contributed by atoms with Gasteiger partial charge in [0.1, 0.15) is 5.75 Å². The van der Waals surface area contributed by atoms with Crippen molar-refractivity contribution in [2.75, 3.05) is 7.11 Å². The lowest BCUT2D eigenvalue weighted by Crippen LogP contribution is -1.91. The van der Waals surface area contributed by atoms with E-state index < -0.39 is 0 Å². The van der Waals surface area contributed by atoms with Crippen molar-refractivity contribution >= 4 is 10.8 Å². The zero-order valence-electron chi connectivity index (χ0n) is 11.6. The number of hydrogen-bond donors (Lipinski definition) is 0. The Morgan fingerprint density at radius 2 is 1.55 bits per heavy atom.